The molecular weight excluding hydrogens is 192 g/mol. The largest absolute Gasteiger partial charge is 0.376 e. The highest BCUT2D eigenvalue weighted by atomic mass is 16.5. The van der Waals surface area contributed by atoms with Crippen LogP contribution in [0.15, 0.2) is 0 Å². The van der Waals surface area contributed by atoms with Crippen LogP contribution in [0.25, 0.3) is 0 Å². The first-order valence-corrected chi connectivity index (χ1v) is 5.92. The van der Waals surface area contributed by atoms with Gasteiger partial charge in [0.15, 0.2) is 0 Å². The zero-order valence-electron chi connectivity index (χ0n) is 9.55. The third kappa shape index (κ3) is 5.74. The molecule has 0 saturated carbocycles. The Kier molecular flexibility index (Phi) is 6.36. The normalized spacial score (nSPS) is 20.5. The lowest BCUT2D eigenvalue weighted by Crippen LogP contribution is -2.38. The Hall–Kier alpha value is -0.610. The molecule has 1 aliphatic heterocycles. The maximum absolute atomic E-state index is 11.3. The first-order valence-electron chi connectivity index (χ1n) is 5.92. The molecule has 1 atom stereocenters. The van der Waals surface area contributed by atoms with Crippen LogP contribution in [0.5, 0.6) is 0 Å². The number of unbranched alkanes of at least 4 members (excludes halogenated alkanes) is 1. The Labute approximate surface area is 91.8 Å². The van der Waals surface area contributed by atoms with Crippen molar-refractivity contribution in [3.05, 3.63) is 0 Å². The fourth-order valence-electron chi connectivity index (χ4n) is 1.60. The van der Waals surface area contributed by atoms with Gasteiger partial charge in [-0.2, -0.15) is 0 Å². The smallest absolute Gasteiger partial charge is 0.234 e. The molecular formula is C11H22N2O2. The van der Waals surface area contributed by atoms with Crippen molar-refractivity contribution in [3.8, 4) is 0 Å². The van der Waals surface area contributed by atoms with E-state index in [1.807, 2.05) is 0 Å². The summed E-state index contributed by atoms with van der Waals surface area (Å²) in [5.41, 5.74) is 0. The van der Waals surface area contributed by atoms with Crippen LogP contribution in [0.1, 0.15) is 32.6 Å². The Morgan fingerprint density at radius 1 is 1.53 bits per heavy atom. The van der Waals surface area contributed by atoms with Crippen molar-refractivity contribution in [1.29, 1.82) is 0 Å². The molecule has 0 bridgehead atoms. The summed E-state index contributed by atoms with van der Waals surface area (Å²) >= 11 is 0. The molecule has 2 N–H and O–H groups in total. The van der Waals surface area contributed by atoms with Gasteiger partial charge >= 0.3 is 0 Å². The summed E-state index contributed by atoms with van der Waals surface area (Å²) < 4.78 is 5.41. The first kappa shape index (κ1) is 12.5. The summed E-state index contributed by atoms with van der Waals surface area (Å²) in [7, 11) is 0. The van der Waals surface area contributed by atoms with Crippen LogP contribution >= 0.6 is 0 Å². The standard InChI is InChI=1S/C11H22N2O2/c1-2-3-6-12-9-11(14)13-8-10-5-4-7-15-10/h10,12H,2-9H2,1H3,(H,13,14). The maximum atomic E-state index is 11.3. The second-order valence-corrected chi connectivity index (χ2v) is 3.97. The highest BCUT2D eigenvalue weighted by molar-refractivity contribution is 5.77. The van der Waals surface area contributed by atoms with Crippen molar-refractivity contribution in [2.45, 2.75) is 38.7 Å². The van der Waals surface area contributed by atoms with Gasteiger partial charge < -0.3 is 15.4 Å². The molecule has 4 nitrogen and oxygen atoms in total. The lowest BCUT2D eigenvalue weighted by atomic mass is 10.2. The van der Waals surface area contributed by atoms with Gasteiger partial charge in [0.05, 0.1) is 12.6 Å². The highest BCUT2D eigenvalue weighted by Crippen LogP contribution is 2.10. The molecule has 1 aliphatic rings. The van der Waals surface area contributed by atoms with Crippen molar-refractivity contribution < 1.29 is 9.53 Å². The predicted molar refractivity (Wildman–Crippen MR) is 59.8 cm³/mol. The zero-order valence-corrected chi connectivity index (χ0v) is 9.55. The third-order valence-electron chi connectivity index (χ3n) is 2.54. The molecule has 0 aromatic heterocycles. The van der Waals surface area contributed by atoms with E-state index < -0.39 is 0 Å². The first-order chi connectivity index (χ1) is 7.33. The summed E-state index contributed by atoms with van der Waals surface area (Å²) in [5.74, 6) is 0.0709. The molecule has 0 aromatic rings. The number of nitrogens with one attached hydrogen (secondary N) is 2. The summed E-state index contributed by atoms with van der Waals surface area (Å²) in [6.07, 6.45) is 4.71. The van der Waals surface area contributed by atoms with Gasteiger partial charge in [0, 0.05) is 13.2 Å². The molecule has 0 radical (unpaired) electrons. The summed E-state index contributed by atoms with van der Waals surface area (Å²) in [4.78, 5) is 11.3. The van der Waals surface area contributed by atoms with E-state index in [-0.39, 0.29) is 12.0 Å². The SMILES string of the molecule is CCCCNCC(=O)NCC1CCCO1. The Bertz CT molecular complexity index is 179. The van der Waals surface area contributed by atoms with Crippen LogP contribution in [0, 0.1) is 0 Å². The van der Waals surface area contributed by atoms with E-state index in [0.717, 1.165) is 38.8 Å². The van der Waals surface area contributed by atoms with E-state index in [1.165, 1.54) is 0 Å². The van der Waals surface area contributed by atoms with Crippen LogP contribution in [-0.2, 0) is 9.53 Å². The van der Waals surface area contributed by atoms with Gasteiger partial charge in [0.2, 0.25) is 5.91 Å². The van der Waals surface area contributed by atoms with Gasteiger partial charge in [0.1, 0.15) is 0 Å². The van der Waals surface area contributed by atoms with E-state index in [1.54, 1.807) is 0 Å². The van der Waals surface area contributed by atoms with E-state index in [9.17, 15) is 4.79 Å². The average Bonchev–Trinajstić information content (AvgIpc) is 2.74. The van der Waals surface area contributed by atoms with Crippen molar-refractivity contribution in [3.63, 3.8) is 0 Å². The highest BCUT2D eigenvalue weighted by Gasteiger charge is 2.15. The van der Waals surface area contributed by atoms with E-state index >= 15 is 0 Å². The van der Waals surface area contributed by atoms with E-state index in [0.29, 0.717) is 13.1 Å². The average molecular weight is 214 g/mol. The second kappa shape index (κ2) is 7.65. The van der Waals surface area contributed by atoms with Crippen LogP contribution in [0.3, 0.4) is 0 Å². The van der Waals surface area contributed by atoms with Crippen LogP contribution < -0.4 is 10.6 Å². The van der Waals surface area contributed by atoms with Gasteiger partial charge in [-0.3, -0.25) is 4.79 Å². The van der Waals surface area contributed by atoms with Gasteiger partial charge in [-0.25, -0.2) is 0 Å². The fraction of sp³-hybridized carbons (Fsp3) is 0.909. The van der Waals surface area contributed by atoms with Crippen molar-refractivity contribution in [2.24, 2.45) is 0 Å². The summed E-state index contributed by atoms with van der Waals surface area (Å²) in [5, 5.41) is 5.98. The molecule has 0 aliphatic carbocycles. The summed E-state index contributed by atoms with van der Waals surface area (Å²) in [6, 6.07) is 0. The number of ether oxygens (including phenoxy) is 1. The molecule has 1 unspecified atom stereocenters. The summed E-state index contributed by atoms with van der Waals surface area (Å²) in [6.45, 7) is 4.99. The van der Waals surface area contributed by atoms with Gasteiger partial charge in [-0.1, -0.05) is 13.3 Å². The number of amides is 1. The lowest BCUT2D eigenvalue weighted by Gasteiger charge is -2.10. The number of rotatable bonds is 7. The molecule has 1 amide bonds. The van der Waals surface area contributed by atoms with Crippen molar-refractivity contribution in [1.82, 2.24) is 10.6 Å². The molecule has 0 aromatic carbocycles. The number of carbonyl (C=O) groups is 1. The molecule has 1 fully saturated rings. The lowest BCUT2D eigenvalue weighted by molar-refractivity contribution is -0.120. The number of hydrogen-bond acceptors (Lipinski definition) is 3. The van der Waals surface area contributed by atoms with Gasteiger partial charge in [-0.15, -0.1) is 0 Å². The van der Waals surface area contributed by atoms with Gasteiger partial charge in [-0.05, 0) is 25.8 Å². The zero-order chi connectivity index (χ0) is 10.9. The number of carbonyl (C=O) groups excluding carboxylic acids is 1. The Morgan fingerprint density at radius 2 is 2.40 bits per heavy atom. The Balaban J connectivity index is 1.93. The van der Waals surface area contributed by atoms with Gasteiger partial charge in [0.25, 0.3) is 0 Å². The molecule has 1 rings (SSSR count). The Morgan fingerprint density at radius 3 is 3.07 bits per heavy atom. The monoisotopic (exact) mass is 214 g/mol. The van der Waals surface area contributed by atoms with Crippen molar-refractivity contribution >= 4 is 5.91 Å². The minimum absolute atomic E-state index is 0.0709. The topological polar surface area (TPSA) is 50.4 Å². The molecule has 1 saturated heterocycles. The quantitative estimate of drug-likeness (QED) is 0.612. The number of hydrogen-bond donors (Lipinski definition) is 2. The third-order valence-corrected chi connectivity index (χ3v) is 2.54. The van der Waals surface area contributed by atoms with Crippen molar-refractivity contribution in [2.75, 3.05) is 26.2 Å². The fourth-order valence-corrected chi connectivity index (χ4v) is 1.60. The molecule has 0 spiro atoms. The minimum Gasteiger partial charge on any atom is -0.376 e. The predicted octanol–water partition coefficient (Wildman–Crippen LogP) is 0.671. The van der Waals surface area contributed by atoms with Crippen LogP contribution in [0.4, 0.5) is 0 Å². The van der Waals surface area contributed by atoms with Crippen LogP contribution in [0.2, 0.25) is 0 Å². The maximum Gasteiger partial charge on any atom is 0.234 e. The second-order valence-electron chi connectivity index (χ2n) is 3.97. The minimum atomic E-state index is 0.0709. The van der Waals surface area contributed by atoms with Crippen LogP contribution in [-0.4, -0.2) is 38.3 Å². The molecule has 1 heterocycles. The molecule has 4 heteroatoms. The molecule has 88 valence electrons. The molecule has 15 heavy (non-hydrogen) atoms. The van der Waals surface area contributed by atoms with E-state index in [2.05, 4.69) is 17.6 Å². The van der Waals surface area contributed by atoms with E-state index in [4.69, 9.17) is 4.74 Å².